The van der Waals surface area contributed by atoms with Crippen LogP contribution in [0.5, 0.6) is 5.75 Å². The number of carbonyl (C=O) groups is 2. The zero-order valence-electron chi connectivity index (χ0n) is 17.7. The lowest BCUT2D eigenvalue weighted by Gasteiger charge is -2.11. The van der Waals surface area contributed by atoms with Crippen LogP contribution in [0.25, 0.3) is 6.08 Å². The minimum Gasteiger partial charge on any atom is -0.497 e. The molecule has 0 saturated carbocycles. The van der Waals surface area contributed by atoms with Gasteiger partial charge in [-0.2, -0.15) is 0 Å². The molecule has 1 aromatic heterocycles. The monoisotopic (exact) mass is 434 g/mol. The van der Waals surface area contributed by atoms with Gasteiger partial charge in [0.05, 0.1) is 7.11 Å². The second-order valence-corrected chi connectivity index (χ2v) is 8.08. The smallest absolute Gasteiger partial charge is 0.267 e. The maximum atomic E-state index is 12.8. The van der Waals surface area contributed by atoms with Gasteiger partial charge in [0.25, 0.3) is 11.8 Å². The molecule has 160 valence electrons. The van der Waals surface area contributed by atoms with Gasteiger partial charge in [-0.3, -0.25) is 9.59 Å². The average Bonchev–Trinajstić information content (AvgIpc) is 3.29. The average molecular weight is 435 g/mol. The van der Waals surface area contributed by atoms with Crippen LogP contribution in [-0.2, 0) is 11.2 Å². The molecule has 0 atom stereocenters. The molecule has 31 heavy (non-hydrogen) atoms. The molecule has 2 amide bonds. The lowest BCUT2D eigenvalue weighted by atomic mass is 10.1. The van der Waals surface area contributed by atoms with Crippen LogP contribution >= 0.6 is 11.3 Å². The van der Waals surface area contributed by atoms with E-state index in [0.29, 0.717) is 17.9 Å². The van der Waals surface area contributed by atoms with Crippen molar-refractivity contribution in [2.75, 3.05) is 13.7 Å². The maximum Gasteiger partial charge on any atom is 0.267 e. The van der Waals surface area contributed by atoms with E-state index in [1.54, 1.807) is 37.5 Å². The third kappa shape index (κ3) is 6.83. The fourth-order valence-electron chi connectivity index (χ4n) is 3.07. The van der Waals surface area contributed by atoms with Gasteiger partial charge in [0, 0.05) is 17.0 Å². The summed E-state index contributed by atoms with van der Waals surface area (Å²) in [5.41, 5.74) is 3.14. The van der Waals surface area contributed by atoms with Crippen molar-refractivity contribution in [1.29, 1.82) is 0 Å². The Hall–Kier alpha value is -3.38. The second-order valence-electron chi connectivity index (χ2n) is 7.10. The van der Waals surface area contributed by atoms with Crippen LogP contribution in [0.1, 0.15) is 32.8 Å². The molecule has 2 N–H and O–H groups in total. The van der Waals surface area contributed by atoms with E-state index in [1.165, 1.54) is 22.5 Å². The number of methoxy groups -OCH3 is 1. The van der Waals surface area contributed by atoms with Gasteiger partial charge in [-0.05, 0) is 67.1 Å². The molecule has 0 radical (unpaired) electrons. The molecule has 0 aliphatic carbocycles. The summed E-state index contributed by atoms with van der Waals surface area (Å²) >= 11 is 1.50. The molecule has 0 aliphatic rings. The third-order valence-electron chi connectivity index (χ3n) is 4.69. The normalized spacial score (nSPS) is 11.1. The summed E-state index contributed by atoms with van der Waals surface area (Å²) in [5.74, 6) is 0.0112. The molecule has 2 aromatic carbocycles. The fourth-order valence-corrected chi connectivity index (χ4v) is 3.73. The minimum atomic E-state index is -0.347. The number of rotatable bonds is 9. The first kappa shape index (κ1) is 22.3. The summed E-state index contributed by atoms with van der Waals surface area (Å²) in [4.78, 5) is 26.3. The quantitative estimate of drug-likeness (QED) is 0.382. The van der Waals surface area contributed by atoms with Crippen molar-refractivity contribution in [2.24, 2.45) is 0 Å². The van der Waals surface area contributed by atoms with Gasteiger partial charge in [0.2, 0.25) is 0 Å². The van der Waals surface area contributed by atoms with Gasteiger partial charge in [-0.25, -0.2) is 0 Å². The highest BCUT2D eigenvalue weighted by Crippen LogP contribution is 2.15. The van der Waals surface area contributed by atoms with Crippen molar-refractivity contribution in [1.82, 2.24) is 10.6 Å². The molecule has 1 heterocycles. The Balaban J connectivity index is 1.62. The van der Waals surface area contributed by atoms with E-state index in [9.17, 15) is 9.59 Å². The standard InChI is InChI=1S/C25H26N2O3S/c1-18-6-3-7-19(16-18)8-4-14-26-25(29)23(17-22-9-5-15-31-22)27-24(28)20-10-12-21(30-2)13-11-20/h3,5-7,9-13,15-17H,4,8,14H2,1-2H3,(H,26,29)(H,27,28)/b23-17-. The Morgan fingerprint density at radius 2 is 1.87 bits per heavy atom. The van der Waals surface area contributed by atoms with Crippen LogP contribution in [-0.4, -0.2) is 25.5 Å². The molecule has 0 fully saturated rings. The molecular weight excluding hydrogens is 408 g/mol. The molecule has 0 unspecified atom stereocenters. The van der Waals surface area contributed by atoms with Gasteiger partial charge in [0.15, 0.2) is 0 Å². The van der Waals surface area contributed by atoms with Gasteiger partial charge < -0.3 is 15.4 Å². The predicted octanol–water partition coefficient (Wildman–Crippen LogP) is 4.59. The molecule has 3 rings (SSSR count). The predicted molar refractivity (Wildman–Crippen MR) is 125 cm³/mol. The van der Waals surface area contributed by atoms with Gasteiger partial charge in [-0.15, -0.1) is 11.3 Å². The third-order valence-corrected chi connectivity index (χ3v) is 5.50. The van der Waals surface area contributed by atoms with Crippen LogP contribution in [0.2, 0.25) is 0 Å². The lowest BCUT2D eigenvalue weighted by Crippen LogP contribution is -2.35. The van der Waals surface area contributed by atoms with Crippen LogP contribution < -0.4 is 15.4 Å². The van der Waals surface area contributed by atoms with E-state index in [0.717, 1.165) is 17.7 Å². The molecule has 5 nitrogen and oxygen atoms in total. The number of nitrogens with one attached hydrogen (secondary N) is 2. The molecule has 0 bridgehead atoms. The van der Waals surface area contributed by atoms with Crippen molar-refractivity contribution in [2.45, 2.75) is 19.8 Å². The largest absolute Gasteiger partial charge is 0.497 e. The number of amides is 2. The topological polar surface area (TPSA) is 67.4 Å². The van der Waals surface area contributed by atoms with E-state index in [-0.39, 0.29) is 17.5 Å². The van der Waals surface area contributed by atoms with Crippen LogP contribution in [0.3, 0.4) is 0 Å². The lowest BCUT2D eigenvalue weighted by molar-refractivity contribution is -0.117. The number of carbonyl (C=O) groups excluding carboxylic acids is 2. The van der Waals surface area contributed by atoms with Crippen LogP contribution in [0, 0.1) is 6.92 Å². The SMILES string of the molecule is COc1ccc(C(=O)N/C(=C\c2cccs2)C(=O)NCCCc2cccc(C)c2)cc1. The zero-order valence-corrected chi connectivity index (χ0v) is 18.5. The van der Waals surface area contributed by atoms with Crippen molar-refractivity contribution in [3.8, 4) is 5.75 Å². The Morgan fingerprint density at radius 3 is 2.55 bits per heavy atom. The summed E-state index contributed by atoms with van der Waals surface area (Å²) in [6, 6.07) is 18.9. The summed E-state index contributed by atoms with van der Waals surface area (Å²) in [5, 5.41) is 7.59. The zero-order chi connectivity index (χ0) is 22.1. The van der Waals surface area contributed by atoms with Crippen LogP contribution in [0.15, 0.2) is 71.7 Å². The maximum absolute atomic E-state index is 12.8. The van der Waals surface area contributed by atoms with Gasteiger partial charge in [0.1, 0.15) is 11.4 Å². The molecule has 3 aromatic rings. The highest BCUT2D eigenvalue weighted by Gasteiger charge is 2.15. The van der Waals surface area contributed by atoms with Crippen molar-refractivity contribution in [3.05, 3.63) is 93.3 Å². The van der Waals surface area contributed by atoms with Crippen molar-refractivity contribution >= 4 is 29.2 Å². The van der Waals surface area contributed by atoms with E-state index in [2.05, 4.69) is 35.8 Å². The first-order valence-electron chi connectivity index (χ1n) is 10.1. The number of aryl methyl sites for hydroxylation is 2. The first-order chi connectivity index (χ1) is 15.0. The number of hydrogen-bond donors (Lipinski definition) is 2. The molecule has 0 spiro atoms. The molecule has 0 aliphatic heterocycles. The first-order valence-corrected chi connectivity index (χ1v) is 11.0. The molecular formula is C25H26N2O3S. The van der Waals surface area contributed by atoms with E-state index >= 15 is 0 Å². The van der Waals surface area contributed by atoms with Gasteiger partial charge in [-0.1, -0.05) is 35.9 Å². The summed E-state index contributed by atoms with van der Waals surface area (Å²) in [7, 11) is 1.57. The summed E-state index contributed by atoms with van der Waals surface area (Å²) in [6.07, 6.45) is 3.39. The van der Waals surface area contributed by atoms with Crippen molar-refractivity contribution < 1.29 is 14.3 Å². The Kier molecular flexibility index (Phi) is 8.01. The molecule has 0 saturated heterocycles. The van der Waals surface area contributed by atoms with Crippen LogP contribution in [0.4, 0.5) is 0 Å². The number of hydrogen-bond acceptors (Lipinski definition) is 4. The fraction of sp³-hybridized carbons (Fsp3) is 0.200. The number of benzene rings is 2. The number of ether oxygens (including phenoxy) is 1. The highest BCUT2D eigenvalue weighted by atomic mass is 32.1. The highest BCUT2D eigenvalue weighted by molar-refractivity contribution is 7.10. The number of thiophene rings is 1. The molecule has 6 heteroatoms. The Labute approximate surface area is 186 Å². The van der Waals surface area contributed by atoms with E-state index in [1.807, 2.05) is 23.6 Å². The van der Waals surface area contributed by atoms with E-state index < -0.39 is 0 Å². The Bertz CT molecular complexity index is 1040. The van der Waals surface area contributed by atoms with E-state index in [4.69, 9.17) is 4.74 Å². The van der Waals surface area contributed by atoms with Gasteiger partial charge >= 0.3 is 0 Å². The summed E-state index contributed by atoms with van der Waals surface area (Å²) < 4.78 is 5.13. The van der Waals surface area contributed by atoms with Crippen molar-refractivity contribution in [3.63, 3.8) is 0 Å². The second kappa shape index (κ2) is 11.1. The Morgan fingerprint density at radius 1 is 1.06 bits per heavy atom. The minimum absolute atomic E-state index is 0.221. The summed E-state index contributed by atoms with van der Waals surface area (Å²) in [6.45, 7) is 2.59.